The maximum Gasteiger partial charge on any atom is 0.419 e. The number of methoxy groups -OCH3 is 1. The molecule has 0 aliphatic carbocycles. The molecule has 0 saturated carbocycles. The summed E-state index contributed by atoms with van der Waals surface area (Å²) in [5, 5.41) is 2.17. The zero-order valence-corrected chi connectivity index (χ0v) is 10.5. The minimum Gasteiger partial charge on any atom is -0.467 e. The van der Waals surface area contributed by atoms with Gasteiger partial charge >= 0.3 is 12.1 Å². The van der Waals surface area contributed by atoms with Crippen LogP contribution in [0.4, 0.5) is 17.6 Å². The van der Waals surface area contributed by atoms with Gasteiger partial charge in [-0.1, -0.05) is 0 Å². The lowest BCUT2D eigenvalue weighted by atomic mass is 10.1. The summed E-state index contributed by atoms with van der Waals surface area (Å²) >= 11 is 0. The largest absolute Gasteiger partial charge is 0.467 e. The van der Waals surface area contributed by atoms with Gasteiger partial charge in [0.1, 0.15) is 11.9 Å². The maximum atomic E-state index is 13.3. The van der Waals surface area contributed by atoms with Gasteiger partial charge in [0.2, 0.25) is 0 Å². The third-order valence-corrected chi connectivity index (χ3v) is 2.44. The number of rotatable bonds is 3. The van der Waals surface area contributed by atoms with Gasteiger partial charge in [-0.05, 0) is 25.1 Å². The van der Waals surface area contributed by atoms with Crippen molar-refractivity contribution in [1.82, 2.24) is 5.32 Å². The van der Waals surface area contributed by atoms with Crippen molar-refractivity contribution in [2.75, 3.05) is 7.11 Å². The average Bonchev–Trinajstić information content (AvgIpc) is 2.35. The van der Waals surface area contributed by atoms with Crippen LogP contribution in [-0.4, -0.2) is 25.0 Å². The van der Waals surface area contributed by atoms with E-state index >= 15 is 0 Å². The lowest BCUT2D eigenvalue weighted by Gasteiger charge is -2.12. The van der Waals surface area contributed by atoms with Crippen molar-refractivity contribution >= 4 is 11.9 Å². The van der Waals surface area contributed by atoms with Crippen molar-refractivity contribution < 1.29 is 31.9 Å². The zero-order chi connectivity index (χ0) is 15.5. The highest BCUT2D eigenvalue weighted by Gasteiger charge is 2.34. The Labute approximate surface area is 111 Å². The van der Waals surface area contributed by atoms with Crippen LogP contribution in [0.2, 0.25) is 0 Å². The number of halogens is 4. The summed E-state index contributed by atoms with van der Waals surface area (Å²) in [6.07, 6.45) is -4.83. The van der Waals surface area contributed by atoms with Crippen molar-refractivity contribution in [2.45, 2.75) is 19.1 Å². The molecule has 0 aromatic heterocycles. The topological polar surface area (TPSA) is 55.4 Å². The summed E-state index contributed by atoms with van der Waals surface area (Å²) in [6, 6.07) is 0.748. The van der Waals surface area contributed by atoms with Gasteiger partial charge in [0.25, 0.3) is 5.91 Å². The highest BCUT2D eigenvalue weighted by Crippen LogP contribution is 2.31. The number of alkyl halides is 3. The third-order valence-electron chi connectivity index (χ3n) is 2.44. The van der Waals surface area contributed by atoms with E-state index in [1.165, 1.54) is 6.92 Å². The second kappa shape index (κ2) is 5.89. The molecule has 0 radical (unpaired) electrons. The van der Waals surface area contributed by atoms with Gasteiger partial charge in [0.05, 0.1) is 12.7 Å². The Morgan fingerprint density at radius 3 is 2.35 bits per heavy atom. The molecular weight excluding hydrogens is 282 g/mol. The SMILES string of the molecule is COC(=O)[C@H](C)NC(=O)c1ccc(C(F)(F)F)c(F)c1. The number of amides is 1. The Kier molecular flexibility index (Phi) is 4.69. The van der Waals surface area contributed by atoms with Crippen LogP contribution in [0.5, 0.6) is 0 Å². The van der Waals surface area contributed by atoms with Crippen molar-refractivity contribution in [2.24, 2.45) is 0 Å². The van der Waals surface area contributed by atoms with E-state index in [2.05, 4.69) is 10.1 Å². The minimum atomic E-state index is -4.83. The molecule has 1 aromatic carbocycles. The molecular formula is C12H11F4NO3. The molecule has 0 heterocycles. The number of carbonyl (C=O) groups is 2. The van der Waals surface area contributed by atoms with E-state index in [1.54, 1.807) is 0 Å². The molecule has 0 spiro atoms. The molecule has 1 rings (SSSR count). The predicted octanol–water partition coefficient (Wildman–Crippen LogP) is 2.14. The van der Waals surface area contributed by atoms with Crippen LogP contribution >= 0.6 is 0 Å². The van der Waals surface area contributed by atoms with Gasteiger partial charge < -0.3 is 10.1 Å². The fourth-order valence-electron chi connectivity index (χ4n) is 1.40. The Morgan fingerprint density at radius 1 is 1.30 bits per heavy atom. The van der Waals surface area contributed by atoms with Crippen molar-refractivity contribution in [3.8, 4) is 0 Å². The number of hydrogen-bond donors (Lipinski definition) is 1. The van der Waals surface area contributed by atoms with E-state index < -0.39 is 35.5 Å². The quantitative estimate of drug-likeness (QED) is 0.686. The summed E-state index contributed by atoms with van der Waals surface area (Å²) in [4.78, 5) is 22.7. The van der Waals surface area contributed by atoms with Crippen molar-refractivity contribution in [3.05, 3.63) is 35.1 Å². The standard InChI is InChI=1S/C12H11F4NO3/c1-6(11(19)20-2)17-10(18)7-3-4-8(9(13)5-7)12(14,15)16/h3-6H,1-2H3,(H,17,18)/t6-/m0/s1. The van der Waals surface area contributed by atoms with Crippen molar-refractivity contribution in [3.63, 3.8) is 0 Å². The molecule has 4 nitrogen and oxygen atoms in total. The van der Waals surface area contributed by atoms with Crippen LogP contribution in [0.15, 0.2) is 18.2 Å². The number of nitrogens with one attached hydrogen (secondary N) is 1. The second-order valence-electron chi connectivity index (χ2n) is 3.91. The first-order valence-corrected chi connectivity index (χ1v) is 5.42. The molecule has 0 unspecified atom stereocenters. The van der Waals surface area contributed by atoms with Crippen LogP contribution < -0.4 is 5.32 Å². The molecule has 0 aliphatic rings. The Balaban J connectivity index is 2.91. The smallest absolute Gasteiger partial charge is 0.419 e. The maximum absolute atomic E-state index is 13.3. The Hall–Kier alpha value is -2.12. The second-order valence-corrected chi connectivity index (χ2v) is 3.91. The number of hydrogen-bond acceptors (Lipinski definition) is 3. The van der Waals surface area contributed by atoms with Gasteiger partial charge in [0, 0.05) is 5.56 Å². The first-order valence-electron chi connectivity index (χ1n) is 5.42. The summed E-state index contributed by atoms with van der Waals surface area (Å²) in [7, 11) is 1.11. The highest BCUT2D eigenvalue weighted by molar-refractivity contribution is 5.96. The van der Waals surface area contributed by atoms with Crippen LogP contribution in [0.3, 0.4) is 0 Å². The molecule has 1 N–H and O–H groups in total. The van der Waals surface area contributed by atoms with E-state index in [9.17, 15) is 27.2 Å². The molecule has 1 atom stereocenters. The van der Waals surface area contributed by atoms with E-state index in [-0.39, 0.29) is 5.56 Å². The molecule has 110 valence electrons. The molecule has 1 amide bonds. The number of esters is 1. The van der Waals surface area contributed by atoms with E-state index in [0.29, 0.717) is 12.1 Å². The van der Waals surface area contributed by atoms with Crippen LogP contribution in [0.1, 0.15) is 22.8 Å². The first kappa shape index (κ1) is 15.9. The minimum absolute atomic E-state index is 0.328. The number of benzene rings is 1. The first-order chi connectivity index (χ1) is 9.16. The fraction of sp³-hybridized carbons (Fsp3) is 0.333. The monoisotopic (exact) mass is 293 g/mol. The summed E-state index contributed by atoms with van der Waals surface area (Å²) < 4.78 is 54.7. The Morgan fingerprint density at radius 2 is 1.90 bits per heavy atom. The normalized spacial score (nSPS) is 12.7. The Bertz CT molecular complexity index is 528. The van der Waals surface area contributed by atoms with Gasteiger partial charge in [0.15, 0.2) is 0 Å². The summed E-state index contributed by atoms with van der Waals surface area (Å²) in [6.45, 7) is 1.32. The molecule has 1 aromatic rings. The lowest BCUT2D eigenvalue weighted by molar-refractivity contribution is -0.142. The van der Waals surface area contributed by atoms with Gasteiger partial charge in [-0.2, -0.15) is 13.2 Å². The predicted molar refractivity (Wildman–Crippen MR) is 60.3 cm³/mol. The molecule has 0 saturated heterocycles. The summed E-state index contributed by atoms with van der Waals surface area (Å²) in [5.41, 5.74) is -1.79. The number of carbonyl (C=O) groups excluding carboxylic acids is 2. The summed E-state index contributed by atoms with van der Waals surface area (Å²) in [5.74, 6) is -3.17. The van der Waals surface area contributed by atoms with Crippen LogP contribution in [0, 0.1) is 5.82 Å². The third kappa shape index (κ3) is 3.69. The van der Waals surface area contributed by atoms with Gasteiger partial charge in [-0.3, -0.25) is 4.79 Å². The zero-order valence-electron chi connectivity index (χ0n) is 10.5. The molecule has 0 fully saturated rings. The molecule has 0 bridgehead atoms. The lowest BCUT2D eigenvalue weighted by Crippen LogP contribution is -2.39. The molecule has 0 aliphatic heterocycles. The van der Waals surface area contributed by atoms with E-state index in [0.717, 1.165) is 13.2 Å². The van der Waals surface area contributed by atoms with E-state index in [1.807, 2.05) is 0 Å². The number of ether oxygens (including phenoxy) is 1. The highest BCUT2D eigenvalue weighted by atomic mass is 19.4. The molecule has 20 heavy (non-hydrogen) atoms. The average molecular weight is 293 g/mol. The van der Waals surface area contributed by atoms with Crippen LogP contribution in [-0.2, 0) is 15.7 Å². The van der Waals surface area contributed by atoms with Crippen LogP contribution in [0.25, 0.3) is 0 Å². The molecule has 8 heteroatoms. The van der Waals surface area contributed by atoms with Crippen molar-refractivity contribution in [1.29, 1.82) is 0 Å². The van der Waals surface area contributed by atoms with Gasteiger partial charge in [-0.25, -0.2) is 9.18 Å². The fourth-order valence-corrected chi connectivity index (χ4v) is 1.40. The van der Waals surface area contributed by atoms with E-state index in [4.69, 9.17) is 0 Å². The van der Waals surface area contributed by atoms with Gasteiger partial charge in [-0.15, -0.1) is 0 Å².